The Bertz CT molecular complexity index is 1140. The van der Waals surface area contributed by atoms with Gasteiger partial charge in [-0.15, -0.1) is 0 Å². The largest absolute Gasteiger partial charge is 0.396 e. The van der Waals surface area contributed by atoms with Gasteiger partial charge in [-0.05, 0) is 68.6 Å². The molecule has 0 saturated carbocycles. The number of fused-ring (bicyclic) bond motifs is 1. The third-order valence-corrected chi connectivity index (χ3v) is 8.68. The van der Waals surface area contributed by atoms with Crippen molar-refractivity contribution >= 4 is 17.5 Å². The molecule has 5 rings (SSSR count). The SMILES string of the molecule is Cc1cccc(N2CCN(C(=O)Cn3nc(C(=O)N4CCC(C)(CO)CC4)c4c3CCC4)CC2)c1C. The first kappa shape index (κ1) is 24.8. The van der Waals surface area contributed by atoms with Crippen LogP contribution in [0, 0.1) is 19.3 Å². The molecule has 194 valence electrons. The number of piperazine rings is 1. The van der Waals surface area contributed by atoms with Crippen molar-refractivity contribution in [1.29, 1.82) is 0 Å². The number of hydrogen-bond acceptors (Lipinski definition) is 5. The van der Waals surface area contributed by atoms with Crippen LogP contribution in [0.2, 0.25) is 0 Å². The van der Waals surface area contributed by atoms with E-state index >= 15 is 0 Å². The van der Waals surface area contributed by atoms with Crippen LogP contribution in [0.3, 0.4) is 0 Å². The molecule has 1 N–H and O–H groups in total. The summed E-state index contributed by atoms with van der Waals surface area (Å²) in [6.07, 6.45) is 4.31. The molecule has 2 fully saturated rings. The van der Waals surface area contributed by atoms with Crippen LogP contribution >= 0.6 is 0 Å². The Labute approximate surface area is 213 Å². The fraction of sp³-hybridized carbons (Fsp3) is 0.607. The first-order valence-corrected chi connectivity index (χ1v) is 13.4. The van der Waals surface area contributed by atoms with Gasteiger partial charge in [-0.1, -0.05) is 19.1 Å². The van der Waals surface area contributed by atoms with Crippen molar-refractivity contribution in [3.8, 4) is 0 Å². The van der Waals surface area contributed by atoms with E-state index < -0.39 is 0 Å². The number of anilines is 1. The number of carbonyl (C=O) groups excluding carboxylic acids is 2. The van der Waals surface area contributed by atoms with Crippen LogP contribution in [0.1, 0.15) is 59.1 Å². The molecular weight excluding hydrogens is 454 g/mol. The summed E-state index contributed by atoms with van der Waals surface area (Å²) in [6, 6.07) is 6.40. The van der Waals surface area contributed by atoms with E-state index in [0.29, 0.717) is 31.9 Å². The lowest BCUT2D eigenvalue weighted by molar-refractivity contribution is -0.132. The van der Waals surface area contributed by atoms with Crippen LogP contribution < -0.4 is 4.90 Å². The summed E-state index contributed by atoms with van der Waals surface area (Å²) in [5, 5.41) is 14.4. The zero-order valence-electron chi connectivity index (χ0n) is 21.9. The van der Waals surface area contributed by atoms with Crippen LogP contribution in [0.4, 0.5) is 5.69 Å². The third-order valence-electron chi connectivity index (χ3n) is 8.68. The molecule has 3 heterocycles. The van der Waals surface area contributed by atoms with Crippen molar-refractivity contribution < 1.29 is 14.7 Å². The maximum atomic E-state index is 13.4. The number of aryl methyl sites for hydroxylation is 1. The van der Waals surface area contributed by atoms with Gasteiger partial charge in [-0.25, -0.2) is 0 Å². The summed E-state index contributed by atoms with van der Waals surface area (Å²) in [5.41, 5.74) is 6.36. The Balaban J connectivity index is 1.24. The van der Waals surface area contributed by atoms with Gasteiger partial charge in [0.15, 0.2) is 5.69 Å². The number of aromatic nitrogens is 2. The monoisotopic (exact) mass is 493 g/mol. The van der Waals surface area contributed by atoms with Gasteiger partial charge < -0.3 is 19.8 Å². The molecule has 2 aromatic rings. The lowest BCUT2D eigenvalue weighted by atomic mass is 9.81. The second-order valence-corrected chi connectivity index (χ2v) is 11.1. The molecule has 0 bridgehead atoms. The highest BCUT2D eigenvalue weighted by molar-refractivity contribution is 5.94. The van der Waals surface area contributed by atoms with Gasteiger partial charge in [0, 0.05) is 62.8 Å². The smallest absolute Gasteiger partial charge is 0.274 e. The van der Waals surface area contributed by atoms with E-state index in [1.807, 2.05) is 9.80 Å². The Morgan fingerprint density at radius 3 is 2.42 bits per heavy atom. The number of rotatable bonds is 5. The normalized spacial score (nSPS) is 19.5. The molecule has 0 radical (unpaired) electrons. The second-order valence-electron chi connectivity index (χ2n) is 11.1. The highest BCUT2D eigenvalue weighted by Crippen LogP contribution is 2.32. The molecule has 1 aromatic carbocycles. The Hall–Kier alpha value is -2.87. The molecule has 1 aromatic heterocycles. The average Bonchev–Trinajstić information content (AvgIpc) is 3.50. The van der Waals surface area contributed by atoms with Gasteiger partial charge in [0.1, 0.15) is 6.54 Å². The van der Waals surface area contributed by atoms with Gasteiger partial charge in [-0.2, -0.15) is 5.10 Å². The predicted octanol–water partition coefficient (Wildman–Crippen LogP) is 2.57. The number of piperidine rings is 1. The number of carbonyl (C=O) groups is 2. The predicted molar refractivity (Wildman–Crippen MR) is 139 cm³/mol. The van der Waals surface area contributed by atoms with Gasteiger partial charge in [-0.3, -0.25) is 14.3 Å². The number of aliphatic hydroxyl groups is 1. The molecule has 0 atom stereocenters. The average molecular weight is 494 g/mol. The maximum Gasteiger partial charge on any atom is 0.274 e. The molecule has 8 heteroatoms. The fourth-order valence-corrected chi connectivity index (χ4v) is 5.87. The standard InChI is InChI=1S/C28H39N5O3/c1-20-6-4-8-23(21(20)2)30-14-16-31(17-15-30)25(35)18-33-24-9-5-7-22(24)26(29-33)27(36)32-12-10-28(3,19-34)11-13-32/h4,6,8,34H,5,7,9-19H2,1-3H3. The van der Waals surface area contributed by atoms with Crippen molar-refractivity contribution in [3.63, 3.8) is 0 Å². The molecule has 3 aliphatic rings. The van der Waals surface area contributed by atoms with E-state index in [4.69, 9.17) is 5.10 Å². The van der Waals surface area contributed by atoms with Crippen molar-refractivity contribution in [2.45, 2.75) is 59.4 Å². The molecular formula is C28H39N5O3. The first-order chi connectivity index (χ1) is 17.3. The summed E-state index contributed by atoms with van der Waals surface area (Å²) in [4.78, 5) is 32.8. The Morgan fingerprint density at radius 2 is 1.72 bits per heavy atom. The van der Waals surface area contributed by atoms with Gasteiger partial charge >= 0.3 is 0 Å². The molecule has 0 unspecified atom stereocenters. The number of aliphatic hydroxyl groups excluding tert-OH is 1. The van der Waals surface area contributed by atoms with E-state index in [1.165, 1.54) is 16.8 Å². The number of hydrogen-bond donors (Lipinski definition) is 1. The van der Waals surface area contributed by atoms with Crippen LogP contribution in [0.25, 0.3) is 0 Å². The minimum atomic E-state index is -0.105. The highest BCUT2D eigenvalue weighted by atomic mass is 16.3. The zero-order valence-corrected chi connectivity index (χ0v) is 21.9. The summed E-state index contributed by atoms with van der Waals surface area (Å²) < 4.78 is 1.80. The third kappa shape index (κ3) is 4.63. The van der Waals surface area contributed by atoms with Crippen molar-refractivity contribution in [2.75, 3.05) is 50.8 Å². The van der Waals surface area contributed by atoms with Gasteiger partial charge in [0.25, 0.3) is 5.91 Å². The van der Waals surface area contributed by atoms with Crippen LogP contribution in [-0.2, 0) is 24.2 Å². The summed E-state index contributed by atoms with van der Waals surface area (Å²) in [5.74, 6) is 0.0463. The topological polar surface area (TPSA) is 81.9 Å². The lowest BCUT2D eigenvalue weighted by Gasteiger charge is -2.38. The van der Waals surface area contributed by atoms with E-state index in [9.17, 15) is 14.7 Å². The summed E-state index contributed by atoms with van der Waals surface area (Å²) in [6.45, 7) is 11.0. The molecule has 2 amide bonds. The van der Waals surface area contributed by atoms with Crippen molar-refractivity contribution in [3.05, 3.63) is 46.3 Å². The number of amides is 2. The van der Waals surface area contributed by atoms with E-state index in [2.05, 4.69) is 43.9 Å². The summed E-state index contributed by atoms with van der Waals surface area (Å²) >= 11 is 0. The van der Waals surface area contributed by atoms with E-state index in [1.54, 1.807) is 4.68 Å². The van der Waals surface area contributed by atoms with Crippen molar-refractivity contribution in [2.24, 2.45) is 5.41 Å². The first-order valence-electron chi connectivity index (χ1n) is 13.4. The second kappa shape index (κ2) is 9.88. The highest BCUT2D eigenvalue weighted by Gasteiger charge is 2.35. The summed E-state index contributed by atoms with van der Waals surface area (Å²) in [7, 11) is 0. The Morgan fingerprint density at radius 1 is 1.00 bits per heavy atom. The molecule has 0 spiro atoms. The number of nitrogens with zero attached hydrogens (tertiary/aromatic N) is 5. The lowest BCUT2D eigenvalue weighted by Crippen LogP contribution is -2.50. The van der Waals surface area contributed by atoms with Gasteiger partial charge in [0.05, 0.1) is 0 Å². The van der Waals surface area contributed by atoms with Crippen LogP contribution in [0.15, 0.2) is 18.2 Å². The molecule has 8 nitrogen and oxygen atoms in total. The molecule has 2 saturated heterocycles. The zero-order chi connectivity index (χ0) is 25.4. The minimum absolute atomic E-state index is 0.0264. The Kier molecular flexibility index (Phi) is 6.81. The van der Waals surface area contributed by atoms with Gasteiger partial charge in [0.2, 0.25) is 5.91 Å². The molecule has 2 aliphatic heterocycles. The number of likely N-dealkylation sites (tertiary alicyclic amines) is 1. The van der Waals surface area contributed by atoms with Crippen molar-refractivity contribution in [1.82, 2.24) is 19.6 Å². The van der Waals surface area contributed by atoms with E-state index in [0.717, 1.165) is 56.5 Å². The molecule has 1 aliphatic carbocycles. The molecule has 36 heavy (non-hydrogen) atoms. The fourth-order valence-electron chi connectivity index (χ4n) is 5.87. The minimum Gasteiger partial charge on any atom is -0.396 e. The number of benzene rings is 1. The van der Waals surface area contributed by atoms with Crippen LogP contribution in [0.5, 0.6) is 0 Å². The van der Waals surface area contributed by atoms with E-state index in [-0.39, 0.29) is 30.4 Å². The maximum absolute atomic E-state index is 13.4. The quantitative estimate of drug-likeness (QED) is 0.693. The van der Waals surface area contributed by atoms with Crippen LogP contribution in [-0.4, -0.2) is 82.4 Å².